The van der Waals surface area contributed by atoms with Crippen molar-refractivity contribution >= 4 is 29.5 Å². The number of hydrogen-bond donors (Lipinski definition) is 0. The summed E-state index contributed by atoms with van der Waals surface area (Å²) in [4.78, 5) is 29.0. The molecule has 0 aromatic heterocycles. The lowest BCUT2D eigenvalue weighted by molar-refractivity contribution is -0.143. The van der Waals surface area contributed by atoms with Gasteiger partial charge in [-0.25, -0.2) is 0 Å². The van der Waals surface area contributed by atoms with Gasteiger partial charge in [0.1, 0.15) is 0 Å². The van der Waals surface area contributed by atoms with Crippen molar-refractivity contribution in [3.8, 4) is 11.5 Å². The van der Waals surface area contributed by atoms with E-state index in [2.05, 4.69) is 0 Å². The average molecular weight is 423 g/mol. The highest BCUT2D eigenvalue weighted by Crippen LogP contribution is 2.36. The van der Waals surface area contributed by atoms with E-state index in [4.69, 9.17) is 25.8 Å². The Hall–Kier alpha value is -2.25. The zero-order valence-electron chi connectivity index (χ0n) is 16.9. The Morgan fingerprint density at radius 2 is 1.90 bits per heavy atom. The monoisotopic (exact) mass is 422 g/mol. The molecule has 0 radical (unpaired) electrons. The Kier molecular flexibility index (Phi) is 7.39. The zero-order valence-corrected chi connectivity index (χ0v) is 17.6. The third-order valence-electron chi connectivity index (χ3n) is 5.28. The van der Waals surface area contributed by atoms with Crippen LogP contribution in [0.5, 0.6) is 11.5 Å². The quantitative estimate of drug-likeness (QED) is 0.682. The molecule has 0 N–H and O–H groups in total. The van der Waals surface area contributed by atoms with E-state index in [-0.39, 0.29) is 17.7 Å². The summed E-state index contributed by atoms with van der Waals surface area (Å²) in [6.07, 6.45) is 4.85. The van der Waals surface area contributed by atoms with Gasteiger partial charge in [-0.1, -0.05) is 11.6 Å². The molecule has 2 saturated heterocycles. The van der Waals surface area contributed by atoms with Crippen LogP contribution >= 0.6 is 11.6 Å². The molecule has 3 rings (SSSR count). The summed E-state index contributed by atoms with van der Waals surface area (Å²) >= 11 is 6.22. The summed E-state index contributed by atoms with van der Waals surface area (Å²) in [5, 5.41) is 0.410. The molecule has 29 heavy (non-hydrogen) atoms. The average Bonchev–Trinajstić information content (AvgIpc) is 2.77. The second-order valence-corrected chi connectivity index (χ2v) is 7.54. The van der Waals surface area contributed by atoms with Gasteiger partial charge >= 0.3 is 0 Å². The molecule has 2 heterocycles. The fraction of sp³-hybridized carbons (Fsp3) is 0.524. The number of piperidine rings is 1. The molecule has 1 atom stereocenters. The lowest BCUT2D eigenvalue weighted by Crippen LogP contribution is -2.49. The smallest absolute Gasteiger partial charge is 0.246 e. The zero-order chi connectivity index (χ0) is 20.8. The topological polar surface area (TPSA) is 68.3 Å². The molecule has 0 aliphatic carbocycles. The van der Waals surface area contributed by atoms with E-state index < -0.39 is 0 Å². The minimum absolute atomic E-state index is 0.115. The molecule has 0 saturated carbocycles. The van der Waals surface area contributed by atoms with Crippen molar-refractivity contribution < 1.29 is 23.8 Å². The van der Waals surface area contributed by atoms with Crippen molar-refractivity contribution in [2.45, 2.75) is 12.8 Å². The molecule has 2 aliphatic heterocycles. The number of benzene rings is 1. The Morgan fingerprint density at radius 1 is 1.14 bits per heavy atom. The summed E-state index contributed by atoms with van der Waals surface area (Å²) in [5.41, 5.74) is 0.735. The Morgan fingerprint density at radius 3 is 2.59 bits per heavy atom. The van der Waals surface area contributed by atoms with Crippen LogP contribution in [0.3, 0.4) is 0 Å². The number of hydrogen-bond acceptors (Lipinski definition) is 5. The Labute approximate surface area is 176 Å². The van der Waals surface area contributed by atoms with Crippen molar-refractivity contribution in [1.29, 1.82) is 0 Å². The number of rotatable bonds is 5. The van der Waals surface area contributed by atoms with Crippen molar-refractivity contribution in [3.63, 3.8) is 0 Å². The van der Waals surface area contributed by atoms with Gasteiger partial charge in [0.15, 0.2) is 11.5 Å². The second kappa shape index (κ2) is 9.98. The summed E-state index contributed by atoms with van der Waals surface area (Å²) in [6.45, 7) is 3.52. The maximum absolute atomic E-state index is 12.7. The SMILES string of the molecule is COc1cc(/C=C/C(=O)N2CCCC(C(=O)N3CCOCC3)C2)cc(Cl)c1OC. The van der Waals surface area contributed by atoms with Crippen LogP contribution in [-0.2, 0) is 14.3 Å². The van der Waals surface area contributed by atoms with Crippen LogP contribution in [0.4, 0.5) is 0 Å². The molecule has 0 bridgehead atoms. The molecule has 0 spiro atoms. The van der Waals surface area contributed by atoms with Crippen molar-refractivity contribution in [1.82, 2.24) is 9.80 Å². The van der Waals surface area contributed by atoms with E-state index in [1.54, 1.807) is 23.1 Å². The predicted octanol–water partition coefficient (Wildman–Crippen LogP) is 2.47. The molecular formula is C21H27ClN2O5. The maximum atomic E-state index is 12.7. The number of likely N-dealkylation sites (tertiary alicyclic amines) is 1. The van der Waals surface area contributed by atoms with Crippen molar-refractivity contribution in [3.05, 3.63) is 28.8 Å². The molecule has 1 unspecified atom stereocenters. The van der Waals surface area contributed by atoms with Gasteiger partial charge in [0.2, 0.25) is 11.8 Å². The number of nitrogens with zero attached hydrogens (tertiary/aromatic N) is 2. The van der Waals surface area contributed by atoms with Gasteiger partial charge in [-0.3, -0.25) is 9.59 Å². The first-order chi connectivity index (χ1) is 14.0. The van der Waals surface area contributed by atoms with Crippen LogP contribution in [0, 0.1) is 5.92 Å². The minimum atomic E-state index is -0.144. The molecule has 1 aromatic carbocycles. The highest BCUT2D eigenvalue weighted by Gasteiger charge is 2.31. The van der Waals surface area contributed by atoms with Gasteiger partial charge in [-0.05, 0) is 36.6 Å². The summed E-state index contributed by atoms with van der Waals surface area (Å²) in [7, 11) is 3.06. The molecule has 2 aliphatic rings. The molecule has 2 amide bonds. The van der Waals surface area contributed by atoms with Crippen LogP contribution in [0.2, 0.25) is 5.02 Å². The number of halogens is 1. The number of carbonyl (C=O) groups is 2. The first-order valence-electron chi connectivity index (χ1n) is 9.78. The van der Waals surface area contributed by atoms with Crippen LogP contribution in [0.25, 0.3) is 6.08 Å². The fourth-order valence-electron chi connectivity index (χ4n) is 3.73. The summed E-state index contributed by atoms with van der Waals surface area (Å²) in [5.74, 6) is 0.825. The van der Waals surface area contributed by atoms with E-state index in [1.807, 2.05) is 4.90 Å². The van der Waals surface area contributed by atoms with Crippen LogP contribution < -0.4 is 9.47 Å². The second-order valence-electron chi connectivity index (χ2n) is 7.13. The number of methoxy groups -OCH3 is 2. The number of ether oxygens (including phenoxy) is 3. The lowest BCUT2D eigenvalue weighted by atomic mass is 9.96. The lowest BCUT2D eigenvalue weighted by Gasteiger charge is -2.35. The van der Waals surface area contributed by atoms with Gasteiger partial charge < -0.3 is 24.0 Å². The Bertz CT molecular complexity index is 777. The van der Waals surface area contributed by atoms with Crippen LogP contribution in [0.15, 0.2) is 18.2 Å². The molecule has 7 nitrogen and oxygen atoms in total. The van der Waals surface area contributed by atoms with Gasteiger partial charge in [0, 0.05) is 32.3 Å². The van der Waals surface area contributed by atoms with E-state index in [1.165, 1.54) is 20.3 Å². The fourth-order valence-corrected chi connectivity index (χ4v) is 4.02. The van der Waals surface area contributed by atoms with E-state index in [0.29, 0.717) is 55.9 Å². The Balaban J connectivity index is 1.64. The molecular weight excluding hydrogens is 396 g/mol. The number of morpholine rings is 1. The third kappa shape index (κ3) is 5.22. The van der Waals surface area contributed by atoms with Gasteiger partial charge in [-0.15, -0.1) is 0 Å². The predicted molar refractivity (Wildman–Crippen MR) is 110 cm³/mol. The first kappa shape index (κ1) is 21.5. The van der Waals surface area contributed by atoms with Gasteiger partial charge in [-0.2, -0.15) is 0 Å². The van der Waals surface area contributed by atoms with E-state index in [0.717, 1.165) is 18.4 Å². The van der Waals surface area contributed by atoms with Gasteiger partial charge in [0.05, 0.1) is 38.4 Å². The normalized spacial score (nSPS) is 20.0. The maximum Gasteiger partial charge on any atom is 0.246 e. The first-order valence-corrected chi connectivity index (χ1v) is 10.2. The van der Waals surface area contributed by atoms with Gasteiger partial charge in [0.25, 0.3) is 0 Å². The van der Waals surface area contributed by atoms with Crippen molar-refractivity contribution in [2.24, 2.45) is 5.92 Å². The largest absolute Gasteiger partial charge is 0.493 e. The summed E-state index contributed by atoms with van der Waals surface area (Å²) < 4.78 is 15.8. The molecule has 2 fully saturated rings. The third-order valence-corrected chi connectivity index (χ3v) is 5.56. The van der Waals surface area contributed by atoms with E-state index in [9.17, 15) is 9.59 Å². The van der Waals surface area contributed by atoms with Crippen molar-refractivity contribution in [2.75, 3.05) is 53.6 Å². The highest BCUT2D eigenvalue weighted by atomic mass is 35.5. The molecule has 158 valence electrons. The van der Waals surface area contributed by atoms with Crippen LogP contribution in [0.1, 0.15) is 18.4 Å². The highest BCUT2D eigenvalue weighted by molar-refractivity contribution is 6.32. The number of carbonyl (C=O) groups excluding carboxylic acids is 2. The standard InChI is InChI=1S/C21H27ClN2O5/c1-27-18-13-15(12-17(22)20(18)28-2)5-6-19(25)24-7-3-4-16(14-24)21(26)23-8-10-29-11-9-23/h5-6,12-13,16H,3-4,7-11,14H2,1-2H3/b6-5+. The van der Waals surface area contributed by atoms with Crippen LogP contribution in [-0.4, -0.2) is 75.2 Å². The summed E-state index contributed by atoms with van der Waals surface area (Å²) in [6, 6.07) is 3.48. The molecule has 8 heteroatoms. The minimum Gasteiger partial charge on any atom is -0.493 e. The molecule has 1 aromatic rings. The number of amides is 2. The van der Waals surface area contributed by atoms with E-state index >= 15 is 0 Å².